The second kappa shape index (κ2) is 5.33. The number of rotatable bonds is 1. The van der Waals surface area contributed by atoms with Crippen molar-refractivity contribution in [3.8, 4) is 11.3 Å². The zero-order valence-corrected chi connectivity index (χ0v) is 11.4. The van der Waals surface area contributed by atoms with Gasteiger partial charge >= 0.3 is 0 Å². The Morgan fingerprint density at radius 1 is 1.25 bits per heavy atom. The second-order valence-electron chi connectivity index (χ2n) is 3.52. The van der Waals surface area contributed by atoms with Crippen molar-refractivity contribution in [3.63, 3.8) is 0 Å². The molecule has 2 aromatic rings. The van der Waals surface area contributed by atoms with Crippen LogP contribution in [-0.4, -0.2) is 4.98 Å². The van der Waals surface area contributed by atoms with Crippen LogP contribution in [0.4, 0.5) is 4.39 Å². The average Bonchev–Trinajstić information content (AvgIpc) is 2.26. The Bertz CT molecular complexity index is 460. The van der Waals surface area contributed by atoms with Crippen molar-refractivity contribution in [2.45, 2.75) is 13.8 Å². The third-order valence-electron chi connectivity index (χ3n) is 2.30. The van der Waals surface area contributed by atoms with Crippen LogP contribution in [0.2, 0.25) is 0 Å². The largest absolute Gasteiger partial charge is 0.305 e. The monoisotopic (exact) mass is 393 g/mol. The van der Waals surface area contributed by atoms with Crippen LogP contribution in [0.3, 0.4) is 0 Å². The van der Waals surface area contributed by atoms with E-state index in [9.17, 15) is 4.39 Å². The van der Waals surface area contributed by atoms with Crippen molar-refractivity contribution in [1.29, 1.82) is 0 Å². The number of benzene rings is 1. The molecule has 0 aliphatic heterocycles. The Labute approximate surface area is 108 Å². The molecule has 1 heterocycles. The predicted molar refractivity (Wildman–Crippen MR) is 57.9 cm³/mol. The minimum Gasteiger partial charge on any atom is -0.305 e. The first-order valence-electron chi connectivity index (χ1n) is 4.79. The van der Waals surface area contributed by atoms with Crippen molar-refractivity contribution < 1.29 is 24.5 Å². The molecular weight excluding hydrogens is 381 g/mol. The third-order valence-corrected chi connectivity index (χ3v) is 2.30. The maximum absolute atomic E-state index is 13.4. The Morgan fingerprint density at radius 2 is 2.00 bits per heavy atom. The van der Waals surface area contributed by atoms with Crippen LogP contribution in [0.1, 0.15) is 11.1 Å². The Morgan fingerprint density at radius 3 is 2.56 bits per heavy atom. The summed E-state index contributed by atoms with van der Waals surface area (Å²) in [5, 5.41) is 0. The van der Waals surface area contributed by atoms with Gasteiger partial charge in [0.1, 0.15) is 0 Å². The molecule has 0 fully saturated rings. The van der Waals surface area contributed by atoms with E-state index in [1.807, 2.05) is 18.2 Å². The van der Waals surface area contributed by atoms with Gasteiger partial charge in [0.2, 0.25) is 0 Å². The van der Waals surface area contributed by atoms with Gasteiger partial charge in [-0.2, -0.15) is 0 Å². The third kappa shape index (κ3) is 2.55. The molecule has 0 aliphatic carbocycles. The van der Waals surface area contributed by atoms with Gasteiger partial charge in [-0.15, -0.1) is 17.7 Å². The maximum atomic E-state index is 13.4. The van der Waals surface area contributed by atoms with Crippen molar-refractivity contribution in [2.24, 2.45) is 0 Å². The first-order chi connectivity index (χ1) is 7.18. The predicted octanol–water partition coefficient (Wildman–Crippen LogP) is 3.30. The van der Waals surface area contributed by atoms with Gasteiger partial charge in [0, 0.05) is 32.1 Å². The van der Waals surface area contributed by atoms with Gasteiger partial charge in [0.25, 0.3) is 0 Å². The molecule has 1 aromatic carbocycles. The van der Waals surface area contributed by atoms with Gasteiger partial charge in [0.15, 0.2) is 0 Å². The van der Waals surface area contributed by atoms with Crippen LogP contribution in [0.25, 0.3) is 11.3 Å². The summed E-state index contributed by atoms with van der Waals surface area (Å²) in [6.45, 7) is 3.47. The standard InChI is InChI=1S/C13H11FN.Ir/c1-9-7-11(8-10(2)13(9)14)12-5-3-4-6-15-12;/h3-7H,1-2H3;/q-1;. The molecule has 1 nitrogen and oxygen atoms in total. The molecular formula is C13H11FIrN-. The summed E-state index contributed by atoms with van der Waals surface area (Å²) in [6.07, 6.45) is 1.72. The van der Waals surface area contributed by atoms with Gasteiger partial charge in [-0.25, -0.2) is 0 Å². The van der Waals surface area contributed by atoms with Crippen molar-refractivity contribution in [1.82, 2.24) is 4.98 Å². The van der Waals surface area contributed by atoms with E-state index in [0.29, 0.717) is 11.1 Å². The minimum atomic E-state index is -0.185. The van der Waals surface area contributed by atoms with Crippen LogP contribution in [0, 0.1) is 25.7 Å². The number of aryl methyl sites for hydroxylation is 2. The molecule has 0 unspecified atom stereocenters. The molecule has 85 valence electrons. The fourth-order valence-corrected chi connectivity index (χ4v) is 1.53. The van der Waals surface area contributed by atoms with Gasteiger partial charge in [-0.05, 0) is 11.8 Å². The first kappa shape index (κ1) is 13.0. The Kier molecular flexibility index (Phi) is 4.34. The second-order valence-corrected chi connectivity index (χ2v) is 3.52. The van der Waals surface area contributed by atoms with E-state index < -0.39 is 0 Å². The summed E-state index contributed by atoms with van der Waals surface area (Å²) in [5.74, 6) is -0.185. The van der Waals surface area contributed by atoms with E-state index in [1.165, 1.54) is 0 Å². The fourth-order valence-electron chi connectivity index (χ4n) is 1.53. The van der Waals surface area contributed by atoms with E-state index in [-0.39, 0.29) is 25.9 Å². The molecule has 0 N–H and O–H groups in total. The molecule has 0 amide bonds. The van der Waals surface area contributed by atoms with Crippen molar-refractivity contribution in [2.75, 3.05) is 0 Å². The van der Waals surface area contributed by atoms with Crippen LogP contribution < -0.4 is 0 Å². The molecule has 0 aliphatic rings. The molecule has 0 saturated carbocycles. The normalized spacial score (nSPS) is 9.69. The van der Waals surface area contributed by atoms with E-state index in [0.717, 1.165) is 11.3 Å². The quantitative estimate of drug-likeness (QED) is 0.679. The number of hydrogen-bond donors (Lipinski definition) is 0. The zero-order valence-electron chi connectivity index (χ0n) is 9.05. The summed E-state index contributed by atoms with van der Waals surface area (Å²) in [5.41, 5.74) is 2.83. The van der Waals surface area contributed by atoms with Crippen LogP contribution in [0.5, 0.6) is 0 Å². The van der Waals surface area contributed by atoms with E-state index in [4.69, 9.17) is 0 Å². The van der Waals surface area contributed by atoms with E-state index >= 15 is 0 Å². The van der Waals surface area contributed by atoms with E-state index in [2.05, 4.69) is 11.1 Å². The van der Waals surface area contributed by atoms with Gasteiger partial charge in [-0.1, -0.05) is 37.1 Å². The number of pyridine rings is 1. The molecule has 2 rings (SSSR count). The maximum Gasteiger partial charge on any atom is 0.0437 e. The number of nitrogens with zero attached hydrogens (tertiary/aromatic N) is 1. The molecule has 0 bridgehead atoms. The molecule has 0 atom stereocenters. The molecule has 0 spiro atoms. The van der Waals surface area contributed by atoms with Gasteiger partial charge in [-0.3, -0.25) is 4.39 Å². The smallest absolute Gasteiger partial charge is 0.0437 e. The van der Waals surface area contributed by atoms with Gasteiger partial charge in [0.05, 0.1) is 0 Å². The summed E-state index contributed by atoms with van der Waals surface area (Å²) in [4.78, 5) is 4.21. The van der Waals surface area contributed by atoms with Crippen LogP contribution in [-0.2, 0) is 20.1 Å². The molecule has 0 saturated heterocycles. The molecule has 1 aromatic heterocycles. The molecule has 16 heavy (non-hydrogen) atoms. The van der Waals surface area contributed by atoms with Crippen molar-refractivity contribution in [3.05, 3.63) is 53.5 Å². The minimum absolute atomic E-state index is 0. The summed E-state index contributed by atoms with van der Waals surface area (Å²) < 4.78 is 13.4. The molecule has 1 radical (unpaired) electrons. The first-order valence-corrected chi connectivity index (χ1v) is 4.79. The SMILES string of the molecule is Cc1[c-]c(-c2ccccn2)cc(C)c1F.[Ir]. The zero-order chi connectivity index (χ0) is 10.8. The van der Waals surface area contributed by atoms with E-state index in [1.54, 1.807) is 26.1 Å². The van der Waals surface area contributed by atoms with Crippen molar-refractivity contribution >= 4 is 0 Å². The number of halogens is 1. The summed E-state index contributed by atoms with van der Waals surface area (Å²) in [7, 11) is 0. The molecule has 3 heteroatoms. The summed E-state index contributed by atoms with van der Waals surface area (Å²) in [6, 6.07) is 10.4. The number of aromatic nitrogens is 1. The van der Waals surface area contributed by atoms with Crippen LogP contribution in [0.15, 0.2) is 30.5 Å². The Hall–Kier alpha value is -1.05. The number of hydrogen-bond acceptors (Lipinski definition) is 1. The van der Waals surface area contributed by atoms with Crippen LogP contribution >= 0.6 is 0 Å². The summed E-state index contributed by atoms with van der Waals surface area (Å²) >= 11 is 0. The van der Waals surface area contributed by atoms with Gasteiger partial charge < -0.3 is 4.98 Å². The topological polar surface area (TPSA) is 12.9 Å². The fraction of sp³-hybridized carbons (Fsp3) is 0.154. The Balaban J connectivity index is 0.00000128. The average molecular weight is 392 g/mol.